The van der Waals surface area contributed by atoms with Crippen LogP contribution in [0.2, 0.25) is 0 Å². The molecule has 1 saturated heterocycles. The van der Waals surface area contributed by atoms with Crippen LogP contribution < -0.4 is 10.6 Å². The van der Waals surface area contributed by atoms with Gasteiger partial charge in [-0.3, -0.25) is 10.1 Å². The number of imide groups is 1. The van der Waals surface area contributed by atoms with Gasteiger partial charge in [0.1, 0.15) is 5.54 Å². The summed E-state index contributed by atoms with van der Waals surface area (Å²) in [5.41, 5.74) is 4.14. The number of amides is 3. The van der Waals surface area contributed by atoms with Crippen LogP contribution in [0.1, 0.15) is 55.4 Å². The topological polar surface area (TPSA) is 58.2 Å². The summed E-state index contributed by atoms with van der Waals surface area (Å²) in [7, 11) is 0. The van der Waals surface area contributed by atoms with E-state index in [9.17, 15) is 9.59 Å². The highest BCUT2D eigenvalue weighted by atomic mass is 16.2. The van der Waals surface area contributed by atoms with Gasteiger partial charge in [-0.2, -0.15) is 0 Å². The van der Waals surface area contributed by atoms with Gasteiger partial charge in [-0.15, -0.1) is 0 Å². The van der Waals surface area contributed by atoms with Crippen LogP contribution in [0.4, 0.5) is 4.79 Å². The minimum atomic E-state index is -0.820. The van der Waals surface area contributed by atoms with E-state index in [0.29, 0.717) is 6.42 Å². The number of fused-ring (bicyclic) bond motifs is 2. The van der Waals surface area contributed by atoms with Crippen LogP contribution in [-0.2, 0) is 29.6 Å². The fourth-order valence-electron chi connectivity index (χ4n) is 3.66. The van der Waals surface area contributed by atoms with Crippen molar-refractivity contribution in [1.29, 1.82) is 0 Å². The zero-order valence-electron chi connectivity index (χ0n) is 12.7. The largest absolute Gasteiger partial charge is 0.322 e. The lowest BCUT2D eigenvalue weighted by atomic mass is 9.87. The Kier molecular flexibility index (Phi) is 3.47. The molecule has 1 aromatic carbocycles. The van der Waals surface area contributed by atoms with Crippen molar-refractivity contribution in [3.63, 3.8) is 0 Å². The van der Waals surface area contributed by atoms with E-state index in [0.717, 1.165) is 37.7 Å². The molecule has 1 fully saturated rings. The van der Waals surface area contributed by atoms with Crippen LogP contribution in [0.3, 0.4) is 0 Å². The second kappa shape index (κ2) is 5.17. The number of carbonyl (C=O) groups is 2. The minimum Gasteiger partial charge on any atom is -0.319 e. The van der Waals surface area contributed by atoms with E-state index >= 15 is 0 Å². The molecule has 0 aromatic heterocycles. The van der Waals surface area contributed by atoms with Crippen LogP contribution in [-0.4, -0.2) is 11.9 Å². The Labute approximate surface area is 125 Å². The number of nitrogens with one attached hydrogen (secondary N) is 2. The average Bonchev–Trinajstić information content (AvgIpc) is 2.93. The maximum Gasteiger partial charge on any atom is 0.322 e. The third-order valence-corrected chi connectivity index (χ3v) is 4.63. The fraction of sp³-hybridized carbons (Fsp3) is 0.529. The Morgan fingerprint density at radius 2 is 1.76 bits per heavy atom. The number of hydrogen-bond acceptors (Lipinski definition) is 2. The molecule has 1 spiro atoms. The Morgan fingerprint density at radius 3 is 2.33 bits per heavy atom. The van der Waals surface area contributed by atoms with Crippen LogP contribution in [0, 0.1) is 0 Å². The summed E-state index contributed by atoms with van der Waals surface area (Å²) in [6.07, 6.45) is 5.83. The predicted molar refractivity (Wildman–Crippen MR) is 81.1 cm³/mol. The summed E-state index contributed by atoms with van der Waals surface area (Å²) in [5, 5.41) is 5.25. The van der Waals surface area contributed by atoms with Crippen molar-refractivity contribution in [3.05, 3.63) is 34.4 Å². The molecule has 1 aliphatic carbocycles. The van der Waals surface area contributed by atoms with Crippen molar-refractivity contribution in [1.82, 2.24) is 10.6 Å². The number of urea groups is 1. The zero-order valence-corrected chi connectivity index (χ0v) is 12.7. The molecule has 112 valence electrons. The molecule has 1 atom stereocenters. The van der Waals surface area contributed by atoms with Gasteiger partial charge in [-0.05, 0) is 47.9 Å². The van der Waals surface area contributed by atoms with Crippen molar-refractivity contribution in [2.75, 3.05) is 0 Å². The lowest BCUT2D eigenvalue weighted by Gasteiger charge is -2.22. The predicted octanol–water partition coefficient (Wildman–Crippen LogP) is 2.57. The van der Waals surface area contributed by atoms with Crippen LogP contribution >= 0.6 is 0 Å². The molecule has 4 heteroatoms. The van der Waals surface area contributed by atoms with Crippen molar-refractivity contribution in [3.8, 4) is 0 Å². The number of carbonyl (C=O) groups excluding carboxylic acids is 2. The first-order valence-electron chi connectivity index (χ1n) is 7.89. The number of hydrogen-bond donors (Lipinski definition) is 2. The quantitative estimate of drug-likeness (QED) is 0.836. The minimum absolute atomic E-state index is 0.197. The first-order valence-corrected chi connectivity index (χ1v) is 7.89. The summed E-state index contributed by atoms with van der Waals surface area (Å²) >= 11 is 0. The molecule has 2 N–H and O–H groups in total. The monoisotopic (exact) mass is 286 g/mol. The Bertz CT molecular complexity index is 609. The highest BCUT2D eigenvalue weighted by molar-refractivity contribution is 6.08. The van der Waals surface area contributed by atoms with E-state index in [1.807, 2.05) is 0 Å². The normalized spacial score (nSPS) is 23.3. The molecule has 1 unspecified atom stereocenters. The fourth-order valence-corrected chi connectivity index (χ4v) is 3.66. The molecule has 0 bridgehead atoms. The number of rotatable bonds is 4. The van der Waals surface area contributed by atoms with Gasteiger partial charge in [0.2, 0.25) is 0 Å². The lowest BCUT2D eigenvalue weighted by molar-refractivity contribution is -0.124. The van der Waals surface area contributed by atoms with Crippen molar-refractivity contribution >= 4 is 11.9 Å². The van der Waals surface area contributed by atoms with Gasteiger partial charge in [0.05, 0.1) is 0 Å². The SMILES string of the molecule is CCCc1cc2c(cc1CCC)C1(CC2)NC(=O)NC1=O. The molecular weight excluding hydrogens is 264 g/mol. The Balaban J connectivity index is 2.08. The van der Waals surface area contributed by atoms with Gasteiger partial charge in [-0.1, -0.05) is 38.8 Å². The molecule has 1 heterocycles. The van der Waals surface area contributed by atoms with Gasteiger partial charge in [0, 0.05) is 0 Å². The summed E-state index contributed by atoms with van der Waals surface area (Å²) in [6.45, 7) is 4.36. The molecule has 1 aromatic rings. The van der Waals surface area contributed by atoms with E-state index in [1.54, 1.807) is 0 Å². The number of benzene rings is 1. The molecular formula is C17H22N2O2. The molecule has 0 saturated carbocycles. The van der Waals surface area contributed by atoms with Crippen LogP contribution in [0.5, 0.6) is 0 Å². The van der Waals surface area contributed by atoms with Crippen LogP contribution in [0.25, 0.3) is 0 Å². The molecule has 1 aliphatic heterocycles. The van der Waals surface area contributed by atoms with E-state index in [1.165, 1.54) is 16.7 Å². The van der Waals surface area contributed by atoms with Crippen LogP contribution in [0.15, 0.2) is 12.1 Å². The molecule has 21 heavy (non-hydrogen) atoms. The summed E-state index contributed by atoms with van der Waals surface area (Å²) in [6, 6.07) is 4.06. The Morgan fingerprint density at radius 1 is 1.10 bits per heavy atom. The molecule has 2 aliphatic rings. The third kappa shape index (κ3) is 2.13. The van der Waals surface area contributed by atoms with Crippen molar-refractivity contribution in [2.45, 2.75) is 57.9 Å². The first-order chi connectivity index (χ1) is 10.1. The van der Waals surface area contributed by atoms with Crippen molar-refractivity contribution in [2.24, 2.45) is 0 Å². The van der Waals surface area contributed by atoms with E-state index in [2.05, 4.69) is 36.6 Å². The average molecular weight is 286 g/mol. The van der Waals surface area contributed by atoms with Crippen molar-refractivity contribution < 1.29 is 9.59 Å². The smallest absolute Gasteiger partial charge is 0.319 e. The second-order valence-electron chi connectivity index (χ2n) is 6.09. The first kappa shape index (κ1) is 14.1. The third-order valence-electron chi connectivity index (χ3n) is 4.63. The zero-order chi connectivity index (χ0) is 15.0. The summed E-state index contributed by atoms with van der Waals surface area (Å²) < 4.78 is 0. The van der Waals surface area contributed by atoms with Gasteiger partial charge in [0.15, 0.2) is 0 Å². The van der Waals surface area contributed by atoms with E-state index < -0.39 is 5.54 Å². The number of aryl methyl sites for hydroxylation is 3. The maximum atomic E-state index is 12.3. The van der Waals surface area contributed by atoms with Gasteiger partial charge < -0.3 is 5.32 Å². The van der Waals surface area contributed by atoms with Gasteiger partial charge in [0.25, 0.3) is 5.91 Å². The second-order valence-corrected chi connectivity index (χ2v) is 6.09. The molecule has 0 radical (unpaired) electrons. The highest BCUT2D eigenvalue weighted by Gasteiger charge is 2.51. The van der Waals surface area contributed by atoms with E-state index in [4.69, 9.17) is 0 Å². The van der Waals surface area contributed by atoms with E-state index in [-0.39, 0.29) is 11.9 Å². The molecule has 4 nitrogen and oxygen atoms in total. The summed E-state index contributed by atoms with van der Waals surface area (Å²) in [5.74, 6) is -0.197. The maximum absolute atomic E-state index is 12.3. The standard InChI is InChI=1S/C17H22N2O2/c1-3-5-11-9-13-7-8-17(15(20)18-16(21)19-17)14(13)10-12(11)6-4-2/h9-10H,3-8H2,1-2H3,(H2,18,19,20,21). The summed E-state index contributed by atoms with van der Waals surface area (Å²) in [4.78, 5) is 23.8. The van der Waals surface area contributed by atoms with Gasteiger partial charge in [-0.25, -0.2) is 4.79 Å². The molecule has 3 amide bonds. The highest BCUT2D eigenvalue weighted by Crippen LogP contribution is 2.40. The molecule has 3 rings (SSSR count). The Hall–Kier alpha value is -1.84. The lowest BCUT2D eigenvalue weighted by Crippen LogP contribution is -2.41. The van der Waals surface area contributed by atoms with Gasteiger partial charge >= 0.3 is 6.03 Å².